The molecule has 1 amide bonds. The fraction of sp³-hybridized carbons (Fsp3) is 0.409. The number of nitrogens with zero attached hydrogens (tertiary/aromatic N) is 1. The van der Waals surface area contributed by atoms with Crippen LogP contribution in [0.1, 0.15) is 18.4 Å². The highest BCUT2D eigenvalue weighted by Gasteiger charge is 2.36. The van der Waals surface area contributed by atoms with Gasteiger partial charge in [-0.2, -0.15) is 0 Å². The second-order valence-electron chi connectivity index (χ2n) is 7.24. The summed E-state index contributed by atoms with van der Waals surface area (Å²) in [5.41, 5.74) is 0.818. The van der Waals surface area contributed by atoms with Crippen LogP contribution in [0.3, 0.4) is 0 Å². The summed E-state index contributed by atoms with van der Waals surface area (Å²) in [4.78, 5) is 14.6. The Kier molecular flexibility index (Phi) is 7.33. The normalized spacial score (nSPS) is 16.3. The number of halogens is 1. The minimum absolute atomic E-state index is 0.0920. The highest BCUT2D eigenvalue weighted by molar-refractivity contribution is 7.92. The first-order valence-corrected chi connectivity index (χ1v) is 11.8. The Morgan fingerprint density at radius 2 is 1.71 bits per heavy atom. The maximum Gasteiger partial charge on any atom is 0.222 e. The molecule has 1 unspecified atom stereocenters. The van der Waals surface area contributed by atoms with Crippen molar-refractivity contribution >= 4 is 27.3 Å². The van der Waals surface area contributed by atoms with Gasteiger partial charge in [0.2, 0.25) is 11.7 Å². The Balaban J connectivity index is 1.66. The molecule has 0 saturated carbocycles. The fourth-order valence-corrected chi connectivity index (χ4v) is 5.60. The third-order valence-electron chi connectivity index (χ3n) is 5.47. The van der Waals surface area contributed by atoms with Crippen LogP contribution in [0.25, 0.3) is 0 Å². The lowest BCUT2D eigenvalue weighted by Gasteiger charge is -2.18. The van der Waals surface area contributed by atoms with Gasteiger partial charge in [-0.05, 0) is 48.7 Å². The van der Waals surface area contributed by atoms with E-state index in [0.29, 0.717) is 41.7 Å². The number of hydrogen-bond acceptors (Lipinski definition) is 6. The SMILES string of the molecule is COc1ccc(CCC(=O)N2CCC(S(=O)(=O)c3ccc(Cl)cc3)C2)c(OC)c1OC. The summed E-state index contributed by atoms with van der Waals surface area (Å²) in [6.07, 6.45) is 1.09. The third-order valence-corrected chi connectivity index (χ3v) is 7.92. The van der Waals surface area contributed by atoms with Gasteiger partial charge in [0.15, 0.2) is 21.3 Å². The van der Waals surface area contributed by atoms with Crippen LogP contribution < -0.4 is 14.2 Å². The molecule has 1 fully saturated rings. The molecular weight excluding hydrogens is 442 g/mol. The summed E-state index contributed by atoms with van der Waals surface area (Å²) in [7, 11) is 1.09. The molecule has 0 radical (unpaired) electrons. The lowest BCUT2D eigenvalue weighted by Crippen LogP contribution is -2.32. The molecule has 0 N–H and O–H groups in total. The number of carbonyl (C=O) groups is 1. The van der Waals surface area contributed by atoms with E-state index in [9.17, 15) is 13.2 Å². The zero-order chi connectivity index (χ0) is 22.6. The maximum absolute atomic E-state index is 12.9. The van der Waals surface area contributed by atoms with E-state index < -0.39 is 15.1 Å². The van der Waals surface area contributed by atoms with Crippen LogP contribution in [0.5, 0.6) is 17.2 Å². The van der Waals surface area contributed by atoms with Gasteiger partial charge in [-0.3, -0.25) is 4.79 Å². The van der Waals surface area contributed by atoms with Crippen molar-refractivity contribution in [3.05, 3.63) is 47.0 Å². The van der Waals surface area contributed by atoms with Gasteiger partial charge in [0.05, 0.1) is 31.5 Å². The molecule has 1 atom stereocenters. The predicted octanol–water partition coefficient (Wildman–Crippen LogP) is 3.37. The number of methoxy groups -OCH3 is 3. The number of rotatable bonds is 8. The first-order chi connectivity index (χ1) is 14.8. The standard InChI is InChI=1S/C22H26ClNO6S/c1-28-19-10-4-15(21(29-2)22(19)30-3)5-11-20(25)24-13-12-18(14-24)31(26,27)17-8-6-16(23)7-9-17/h4,6-10,18H,5,11-14H2,1-3H3. The van der Waals surface area contributed by atoms with Gasteiger partial charge < -0.3 is 19.1 Å². The average molecular weight is 468 g/mol. The van der Waals surface area contributed by atoms with E-state index in [1.807, 2.05) is 6.07 Å². The van der Waals surface area contributed by atoms with Crippen LogP contribution in [0, 0.1) is 0 Å². The first kappa shape index (κ1) is 23.2. The molecular formula is C22H26ClNO6S. The van der Waals surface area contributed by atoms with Crippen LogP contribution >= 0.6 is 11.6 Å². The van der Waals surface area contributed by atoms with E-state index in [-0.39, 0.29) is 23.8 Å². The lowest BCUT2D eigenvalue weighted by atomic mass is 10.1. The van der Waals surface area contributed by atoms with Crippen molar-refractivity contribution in [2.24, 2.45) is 0 Å². The Morgan fingerprint density at radius 3 is 2.32 bits per heavy atom. The summed E-state index contributed by atoms with van der Waals surface area (Å²) < 4.78 is 41.9. The zero-order valence-electron chi connectivity index (χ0n) is 17.8. The number of carbonyl (C=O) groups excluding carboxylic acids is 1. The van der Waals surface area contributed by atoms with E-state index in [2.05, 4.69) is 0 Å². The van der Waals surface area contributed by atoms with E-state index >= 15 is 0 Å². The number of benzene rings is 2. The van der Waals surface area contributed by atoms with Crippen LogP contribution in [0.15, 0.2) is 41.3 Å². The second kappa shape index (κ2) is 9.78. The van der Waals surface area contributed by atoms with Gasteiger partial charge in [0.1, 0.15) is 0 Å². The highest BCUT2D eigenvalue weighted by atomic mass is 35.5. The summed E-state index contributed by atoms with van der Waals surface area (Å²) in [6, 6.07) is 9.74. The molecule has 168 valence electrons. The quantitative estimate of drug-likeness (QED) is 0.592. The molecule has 2 aromatic carbocycles. The number of ether oxygens (including phenoxy) is 3. The average Bonchev–Trinajstić information content (AvgIpc) is 3.28. The maximum atomic E-state index is 12.9. The highest BCUT2D eigenvalue weighted by Crippen LogP contribution is 2.40. The summed E-state index contributed by atoms with van der Waals surface area (Å²) in [5.74, 6) is 1.46. The van der Waals surface area contributed by atoms with Crippen molar-refractivity contribution < 1.29 is 27.4 Å². The van der Waals surface area contributed by atoms with Crippen molar-refractivity contribution in [2.75, 3.05) is 34.4 Å². The molecule has 2 aromatic rings. The summed E-state index contributed by atoms with van der Waals surface area (Å²) >= 11 is 5.86. The minimum Gasteiger partial charge on any atom is -0.493 e. The lowest BCUT2D eigenvalue weighted by molar-refractivity contribution is -0.130. The van der Waals surface area contributed by atoms with Crippen LogP contribution in [-0.2, 0) is 21.1 Å². The third kappa shape index (κ3) is 4.91. The van der Waals surface area contributed by atoms with Crippen molar-refractivity contribution in [1.82, 2.24) is 4.90 Å². The molecule has 9 heteroatoms. The Bertz CT molecular complexity index is 1040. The summed E-state index contributed by atoms with van der Waals surface area (Å²) in [6.45, 7) is 0.603. The number of sulfone groups is 1. The van der Waals surface area contributed by atoms with Crippen LogP contribution in [-0.4, -0.2) is 58.9 Å². The number of amides is 1. The molecule has 0 bridgehead atoms. The molecule has 0 spiro atoms. The molecule has 7 nitrogen and oxygen atoms in total. The topological polar surface area (TPSA) is 82.1 Å². The molecule has 31 heavy (non-hydrogen) atoms. The predicted molar refractivity (Wildman–Crippen MR) is 118 cm³/mol. The number of aryl methyl sites for hydroxylation is 1. The fourth-order valence-electron chi connectivity index (χ4n) is 3.78. The number of hydrogen-bond donors (Lipinski definition) is 0. The van der Waals surface area contributed by atoms with E-state index in [1.54, 1.807) is 30.2 Å². The van der Waals surface area contributed by atoms with Crippen LogP contribution in [0.2, 0.25) is 5.02 Å². The van der Waals surface area contributed by atoms with Crippen molar-refractivity contribution in [2.45, 2.75) is 29.4 Å². The molecule has 1 saturated heterocycles. The van der Waals surface area contributed by atoms with Crippen molar-refractivity contribution in [3.63, 3.8) is 0 Å². The summed E-state index contributed by atoms with van der Waals surface area (Å²) in [5, 5.41) is -0.138. The molecule has 3 rings (SSSR count). The second-order valence-corrected chi connectivity index (χ2v) is 9.91. The van der Waals surface area contributed by atoms with Gasteiger partial charge in [-0.15, -0.1) is 0 Å². The van der Waals surface area contributed by atoms with Crippen molar-refractivity contribution in [1.29, 1.82) is 0 Å². The molecule has 1 aliphatic heterocycles. The molecule has 1 aliphatic rings. The Morgan fingerprint density at radius 1 is 1.03 bits per heavy atom. The Hall–Kier alpha value is -2.45. The van der Waals surface area contributed by atoms with Crippen LogP contribution in [0.4, 0.5) is 0 Å². The van der Waals surface area contributed by atoms with Gasteiger partial charge in [0, 0.05) is 24.5 Å². The van der Waals surface area contributed by atoms with Gasteiger partial charge in [-0.1, -0.05) is 17.7 Å². The zero-order valence-corrected chi connectivity index (χ0v) is 19.3. The number of likely N-dealkylation sites (tertiary alicyclic amines) is 1. The monoisotopic (exact) mass is 467 g/mol. The van der Waals surface area contributed by atoms with Crippen molar-refractivity contribution in [3.8, 4) is 17.2 Å². The van der Waals surface area contributed by atoms with E-state index in [0.717, 1.165) is 5.56 Å². The van der Waals surface area contributed by atoms with E-state index in [4.69, 9.17) is 25.8 Å². The van der Waals surface area contributed by atoms with Gasteiger partial charge in [0.25, 0.3) is 0 Å². The largest absolute Gasteiger partial charge is 0.493 e. The smallest absolute Gasteiger partial charge is 0.222 e. The van der Waals surface area contributed by atoms with Gasteiger partial charge in [-0.25, -0.2) is 8.42 Å². The molecule has 0 aromatic heterocycles. The van der Waals surface area contributed by atoms with Gasteiger partial charge >= 0.3 is 0 Å². The molecule has 1 heterocycles. The molecule has 0 aliphatic carbocycles. The first-order valence-electron chi connectivity index (χ1n) is 9.87. The Labute approximate surface area is 187 Å². The van der Waals surface area contributed by atoms with E-state index in [1.165, 1.54) is 26.4 Å². The minimum atomic E-state index is -3.52.